The lowest BCUT2D eigenvalue weighted by molar-refractivity contribution is 0.652. The van der Waals surface area contributed by atoms with Gasteiger partial charge in [-0.2, -0.15) is 0 Å². The molecule has 1 aromatic carbocycles. The van der Waals surface area contributed by atoms with Gasteiger partial charge in [-0.1, -0.05) is 50.5 Å². The first-order valence-corrected chi connectivity index (χ1v) is 6.82. The van der Waals surface area contributed by atoms with Crippen LogP contribution in [0.5, 0.6) is 0 Å². The van der Waals surface area contributed by atoms with Crippen molar-refractivity contribution in [1.82, 2.24) is 5.32 Å². The largest absolute Gasteiger partial charge is 0.370 e. The molecular weight excluding hydrogens is 349 g/mol. The fraction of sp³-hybridized carbons (Fsp3) is 0.533. The molecule has 0 unspecified atom stereocenters. The van der Waals surface area contributed by atoms with Crippen molar-refractivity contribution in [1.29, 1.82) is 0 Å². The van der Waals surface area contributed by atoms with Gasteiger partial charge in [-0.05, 0) is 24.5 Å². The van der Waals surface area contributed by atoms with Gasteiger partial charge in [0.2, 0.25) is 0 Å². The molecule has 0 aliphatic carbocycles. The van der Waals surface area contributed by atoms with Crippen LogP contribution in [0, 0.1) is 6.92 Å². The maximum absolute atomic E-state index is 5.83. The van der Waals surface area contributed by atoms with Gasteiger partial charge in [-0.15, -0.1) is 24.0 Å². The number of hydrogen-bond donors (Lipinski definition) is 2. The van der Waals surface area contributed by atoms with E-state index in [1.54, 1.807) is 0 Å². The molecule has 1 aromatic rings. The standard InChI is InChI=1S/C15H25N3.HI/c1-3-4-5-8-11-17-15(16)18-12-14-10-7-6-9-13(14)2;/h6-7,9-10H,3-5,8,11-12H2,1-2H3,(H3,16,17,18);1H. The van der Waals surface area contributed by atoms with Gasteiger partial charge in [-0.3, -0.25) is 0 Å². The summed E-state index contributed by atoms with van der Waals surface area (Å²) in [6.45, 7) is 5.88. The molecule has 3 nitrogen and oxygen atoms in total. The van der Waals surface area contributed by atoms with Crippen LogP contribution in [-0.2, 0) is 6.54 Å². The van der Waals surface area contributed by atoms with E-state index in [0.29, 0.717) is 12.5 Å². The second-order valence-electron chi connectivity index (χ2n) is 4.62. The molecule has 0 saturated carbocycles. The van der Waals surface area contributed by atoms with E-state index in [0.717, 1.165) is 13.0 Å². The lowest BCUT2D eigenvalue weighted by Crippen LogP contribution is -2.32. The van der Waals surface area contributed by atoms with E-state index in [4.69, 9.17) is 5.73 Å². The van der Waals surface area contributed by atoms with Gasteiger partial charge in [0.15, 0.2) is 5.96 Å². The average Bonchev–Trinajstić information content (AvgIpc) is 2.37. The lowest BCUT2D eigenvalue weighted by Gasteiger charge is -2.06. The van der Waals surface area contributed by atoms with Gasteiger partial charge in [0.05, 0.1) is 6.54 Å². The molecule has 1 rings (SSSR count). The maximum atomic E-state index is 5.83. The van der Waals surface area contributed by atoms with E-state index in [1.807, 2.05) is 12.1 Å². The zero-order chi connectivity index (χ0) is 13.2. The summed E-state index contributed by atoms with van der Waals surface area (Å²) in [7, 11) is 0. The summed E-state index contributed by atoms with van der Waals surface area (Å²) in [5.41, 5.74) is 8.32. The second kappa shape index (κ2) is 11.1. The molecule has 108 valence electrons. The average molecular weight is 375 g/mol. The predicted octanol–water partition coefficient (Wildman–Crippen LogP) is 3.60. The Hall–Kier alpha value is -0.780. The lowest BCUT2D eigenvalue weighted by atomic mass is 10.1. The number of aliphatic imine (C=N–C) groups is 1. The van der Waals surface area contributed by atoms with Crippen molar-refractivity contribution < 1.29 is 0 Å². The van der Waals surface area contributed by atoms with Crippen molar-refractivity contribution >= 4 is 29.9 Å². The van der Waals surface area contributed by atoms with Crippen LogP contribution in [0.3, 0.4) is 0 Å². The number of nitrogens with one attached hydrogen (secondary N) is 1. The molecule has 0 aliphatic heterocycles. The predicted molar refractivity (Wildman–Crippen MR) is 94.1 cm³/mol. The topological polar surface area (TPSA) is 50.4 Å². The van der Waals surface area contributed by atoms with Crippen LogP contribution in [0.25, 0.3) is 0 Å². The summed E-state index contributed by atoms with van der Waals surface area (Å²) < 4.78 is 0. The molecule has 0 amide bonds. The van der Waals surface area contributed by atoms with Gasteiger partial charge in [0.1, 0.15) is 0 Å². The van der Waals surface area contributed by atoms with Crippen LogP contribution in [-0.4, -0.2) is 12.5 Å². The maximum Gasteiger partial charge on any atom is 0.188 e. The van der Waals surface area contributed by atoms with Crippen LogP contribution in [0.2, 0.25) is 0 Å². The van der Waals surface area contributed by atoms with Crippen molar-refractivity contribution in [3.63, 3.8) is 0 Å². The molecule has 0 heterocycles. The zero-order valence-electron chi connectivity index (χ0n) is 12.0. The molecule has 3 N–H and O–H groups in total. The first kappa shape index (κ1) is 18.2. The number of hydrogen-bond acceptors (Lipinski definition) is 1. The Morgan fingerprint density at radius 1 is 1.21 bits per heavy atom. The van der Waals surface area contributed by atoms with Crippen molar-refractivity contribution in [2.45, 2.75) is 46.1 Å². The number of rotatable bonds is 7. The van der Waals surface area contributed by atoms with E-state index < -0.39 is 0 Å². The van der Waals surface area contributed by atoms with Crippen molar-refractivity contribution in [3.8, 4) is 0 Å². The highest BCUT2D eigenvalue weighted by molar-refractivity contribution is 14.0. The normalized spacial score (nSPS) is 10.9. The Morgan fingerprint density at radius 2 is 1.95 bits per heavy atom. The van der Waals surface area contributed by atoms with Gasteiger partial charge in [0, 0.05) is 6.54 Å². The molecule has 19 heavy (non-hydrogen) atoms. The van der Waals surface area contributed by atoms with Gasteiger partial charge in [-0.25, -0.2) is 4.99 Å². The molecule has 0 aliphatic rings. The first-order valence-electron chi connectivity index (χ1n) is 6.82. The van der Waals surface area contributed by atoms with Gasteiger partial charge >= 0.3 is 0 Å². The van der Waals surface area contributed by atoms with E-state index >= 15 is 0 Å². The summed E-state index contributed by atoms with van der Waals surface area (Å²) in [4.78, 5) is 4.36. The van der Waals surface area contributed by atoms with Crippen LogP contribution < -0.4 is 11.1 Å². The Kier molecular flexibility index (Phi) is 10.6. The molecule has 0 radical (unpaired) electrons. The molecule has 0 fully saturated rings. The number of nitrogens with two attached hydrogens (primary N) is 1. The monoisotopic (exact) mass is 375 g/mol. The number of guanidine groups is 1. The molecular formula is C15H26IN3. The Labute approximate surface area is 134 Å². The van der Waals surface area contributed by atoms with Crippen LogP contribution in [0.1, 0.15) is 43.7 Å². The number of benzene rings is 1. The molecule has 0 saturated heterocycles. The third kappa shape index (κ3) is 8.08. The molecule has 0 atom stereocenters. The smallest absolute Gasteiger partial charge is 0.188 e. The van der Waals surface area contributed by atoms with Crippen LogP contribution in [0.4, 0.5) is 0 Å². The van der Waals surface area contributed by atoms with Crippen molar-refractivity contribution in [2.75, 3.05) is 6.54 Å². The number of aryl methyl sites for hydroxylation is 1. The van der Waals surface area contributed by atoms with Crippen LogP contribution >= 0.6 is 24.0 Å². The summed E-state index contributed by atoms with van der Waals surface area (Å²) in [6.07, 6.45) is 4.97. The Balaban J connectivity index is 0.00000324. The summed E-state index contributed by atoms with van der Waals surface area (Å²) in [5.74, 6) is 0.551. The summed E-state index contributed by atoms with van der Waals surface area (Å²) >= 11 is 0. The quantitative estimate of drug-likeness (QED) is 0.331. The van der Waals surface area contributed by atoms with Gasteiger partial charge in [0.25, 0.3) is 0 Å². The minimum atomic E-state index is 0. The number of unbranched alkanes of at least 4 members (excludes halogenated alkanes) is 3. The van der Waals surface area contributed by atoms with Crippen molar-refractivity contribution in [3.05, 3.63) is 35.4 Å². The van der Waals surface area contributed by atoms with Crippen LogP contribution in [0.15, 0.2) is 29.3 Å². The first-order chi connectivity index (χ1) is 8.74. The zero-order valence-corrected chi connectivity index (χ0v) is 14.3. The number of halogens is 1. The molecule has 0 bridgehead atoms. The summed E-state index contributed by atoms with van der Waals surface area (Å²) in [5, 5.41) is 3.16. The SMILES string of the molecule is CCCCCCNC(N)=NCc1ccccc1C.I. The third-order valence-electron chi connectivity index (χ3n) is 3.02. The second-order valence-corrected chi connectivity index (χ2v) is 4.62. The Bertz CT molecular complexity index is 377. The fourth-order valence-electron chi connectivity index (χ4n) is 1.78. The van der Waals surface area contributed by atoms with E-state index in [-0.39, 0.29) is 24.0 Å². The van der Waals surface area contributed by atoms with Crippen molar-refractivity contribution in [2.24, 2.45) is 10.7 Å². The third-order valence-corrected chi connectivity index (χ3v) is 3.02. The molecule has 0 aromatic heterocycles. The molecule has 4 heteroatoms. The number of nitrogens with zero attached hydrogens (tertiary/aromatic N) is 1. The highest BCUT2D eigenvalue weighted by Crippen LogP contribution is 2.07. The fourth-order valence-corrected chi connectivity index (χ4v) is 1.78. The van der Waals surface area contributed by atoms with E-state index in [9.17, 15) is 0 Å². The molecule has 0 spiro atoms. The van der Waals surface area contributed by atoms with Gasteiger partial charge < -0.3 is 11.1 Å². The summed E-state index contributed by atoms with van der Waals surface area (Å²) in [6, 6.07) is 8.26. The highest BCUT2D eigenvalue weighted by atomic mass is 127. The van der Waals surface area contributed by atoms with E-state index in [1.165, 1.54) is 30.4 Å². The Morgan fingerprint density at radius 3 is 2.63 bits per heavy atom. The minimum Gasteiger partial charge on any atom is -0.370 e. The highest BCUT2D eigenvalue weighted by Gasteiger charge is 1.96. The van der Waals surface area contributed by atoms with E-state index in [2.05, 4.69) is 36.3 Å². The minimum absolute atomic E-state index is 0.